The first-order chi connectivity index (χ1) is 10.1. The molecule has 4 nitrogen and oxygen atoms in total. The number of carbonyl (C=O) groups is 1. The van der Waals surface area contributed by atoms with Gasteiger partial charge in [0, 0.05) is 34.9 Å². The molecule has 0 aliphatic carbocycles. The van der Waals surface area contributed by atoms with Crippen LogP contribution < -0.4 is 5.32 Å². The number of halogens is 2. The van der Waals surface area contributed by atoms with Gasteiger partial charge in [-0.1, -0.05) is 29.3 Å². The molecular weight excluding hydrogens is 311 g/mol. The molecule has 2 N–H and O–H groups in total. The Kier molecular flexibility index (Phi) is 5.91. The van der Waals surface area contributed by atoms with E-state index in [0.29, 0.717) is 30.2 Å². The Bertz CT molecular complexity index is 534. The van der Waals surface area contributed by atoms with Gasteiger partial charge in [-0.2, -0.15) is 0 Å². The van der Waals surface area contributed by atoms with E-state index in [1.807, 2.05) is 12.1 Å². The maximum atomic E-state index is 12.4. The number of hydrogen-bond donors (Lipinski definition) is 2. The molecule has 1 heterocycles. The van der Waals surface area contributed by atoms with Crippen molar-refractivity contribution in [2.75, 3.05) is 25.0 Å². The number of hydrogen-bond acceptors (Lipinski definition) is 3. The third kappa shape index (κ3) is 4.63. The first kappa shape index (κ1) is 16.1. The Labute approximate surface area is 134 Å². The quantitative estimate of drug-likeness (QED) is 0.893. The Balaban J connectivity index is 2.04. The van der Waals surface area contributed by atoms with Crippen LogP contribution in [0.15, 0.2) is 34.8 Å². The van der Waals surface area contributed by atoms with Gasteiger partial charge in [-0.25, -0.2) is 0 Å². The Morgan fingerprint density at radius 3 is 3.05 bits per heavy atom. The molecule has 1 aromatic carbocycles. The van der Waals surface area contributed by atoms with E-state index in [9.17, 15) is 9.90 Å². The number of rotatable bonds is 4. The van der Waals surface area contributed by atoms with E-state index in [0.717, 1.165) is 18.5 Å². The van der Waals surface area contributed by atoms with Gasteiger partial charge < -0.3 is 15.3 Å². The van der Waals surface area contributed by atoms with Gasteiger partial charge in [-0.15, -0.1) is 0 Å². The lowest BCUT2D eigenvalue weighted by molar-refractivity contribution is 0.0474. The lowest BCUT2D eigenvalue weighted by atomic mass is 10.1. The van der Waals surface area contributed by atoms with Crippen molar-refractivity contribution in [2.45, 2.75) is 18.9 Å². The molecule has 0 radical (unpaired) electrons. The molecule has 0 aromatic heterocycles. The fraction of sp³-hybridized carbons (Fsp3) is 0.400. The average molecular weight is 329 g/mol. The number of aliphatic hydroxyl groups excluding tert-OH is 1. The van der Waals surface area contributed by atoms with E-state index in [1.165, 1.54) is 5.54 Å². The minimum atomic E-state index is -0.420. The van der Waals surface area contributed by atoms with Crippen LogP contribution in [0.1, 0.15) is 23.2 Å². The highest BCUT2D eigenvalue weighted by atomic mass is 35.5. The molecule has 0 saturated carbocycles. The fourth-order valence-electron chi connectivity index (χ4n) is 2.31. The van der Waals surface area contributed by atoms with Gasteiger partial charge in [0.25, 0.3) is 5.91 Å². The molecule has 1 fully saturated rings. The zero-order valence-electron chi connectivity index (χ0n) is 11.6. The summed E-state index contributed by atoms with van der Waals surface area (Å²) in [6, 6.07) is 7.23. The summed E-state index contributed by atoms with van der Waals surface area (Å²) in [4.78, 5) is 14.1. The topological polar surface area (TPSA) is 52.6 Å². The largest absolute Gasteiger partial charge is 0.391 e. The monoisotopic (exact) mass is 328 g/mol. The zero-order valence-corrected chi connectivity index (χ0v) is 13.1. The number of likely N-dealkylation sites (tertiary alicyclic amines) is 1. The van der Waals surface area contributed by atoms with Gasteiger partial charge in [0.15, 0.2) is 0 Å². The molecule has 0 spiro atoms. The Morgan fingerprint density at radius 1 is 1.52 bits per heavy atom. The van der Waals surface area contributed by atoms with Crippen LogP contribution in [0.5, 0.6) is 0 Å². The summed E-state index contributed by atoms with van der Waals surface area (Å²) < 4.78 is 0. The highest BCUT2D eigenvalue weighted by molar-refractivity contribution is 6.36. The number of amides is 1. The number of nitrogens with one attached hydrogen (secondary N) is 1. The van der Waals surface area contributed by atoms with E-state index >= 15 is 0 Å². The van der Waals surface area contributed by atoms with E-state index in [1.54, 1.807) is 17.0 Å². The lowest BCUT2D eigenvalue weighted by Gasteiger charge is -2.30. The highest BCUT2D eigenvalue weighted by Crippen LogP contribution is 2.17. The van der Waals surface area contributed by atoms with E-state index < -0.39 is 6.10 Å². The van der Waals surface area contributed by atoms with Crippen LogP contribution in [-0.2, 0) is 0 Å². The SMILES string of the molecule is O=C(c1cccc(NC/C(Cl)=C/Cl)c1)N1CCCC(O)C1. The highest BCUT2D eigenvalue weighted by Gasteiger charge is 2.23. The van der Waals surface area contributed by atoms with Crippen LogP contribution in [0.3, 0.4) is 0 Å². The van der Waals surface area contributed by atoms with Crippen LogP contribution in [0, 0.1) is 0 Å². The van der Waals surface area contributed by atoms with Crippen molar-refractivity contribution in [3.8, 4) is 0 Å². The van der Waals surface area contributed by atoms with E-state index in [-0.39, 0.29) is 5.91 Å². The molecule has 2 rings (SSSR count). The molecule has 1 aliphatic rings. The standard InChI is InChI=1S/C15H18Cl2N2O2/c16-8-12(17)9-18-13-4-1-3-11(7-13)15(21)19-6-2-5-14(20)10-19/h1,3-4,7-8,14,18,20H,2,5-6,9-10H2/b12-8-. The molecule has 1 aromatic rings. The maximum Gasteiger partial charge on any atom is 0.254 e. The minimum absolute atomic E-state index is 0.0589. The van der Waals surface area contributed by atoms with Crippen LogP contribution in [-0.4, -0.2) is 41.7 Å². The van der Waals surface area contributed by atoms with Crippen molar-refractivity contribution in [3.05, 3.63) is 40.4 Å². The smallest absolute Gasteiger partial charge is 0.254 e. The Hall–Kier alpha value is -1.23. The molecule has 1 saturated heterocycles. The second kappa shape index (κ2) is 7.69. The summed E-state index contributed by atoms with van der Waals surface area (Å²) >= 11 is 11.3. The molecule has 1 amide bonds. The fourth-order valence-corrected chi connectivity index (χ4v) is 2.45. The van der Waals surface area contributed by atoms with Crippen LogP contribution in [0.25, 0.3) is 0 Å². The molecule has 114 valence electrons. The summed E-state index contributed by atoms with van der Waals surface area (Å²) in [5, 5.41) is 13.3. The number of anilines is 1. The normalized spacial score (nSPS) is 19.5. The van der Waals surface area contributed by atoms with Gasteiger partial charge in [-0.3, -0.25) is 4.79 Å². The summed E-state index contributed by atoms with van der Waals surface area (Å²) in [5.41, 5.74) is 2.70. The van der Waals surface area contributed by atoms with Gasteiger partial charge in [0.05, 0.1) is 12.6 Å². The van der Waals surface area contributed by atoms with Gasteiger partial charge in [0.2, 0.25) is 0 Å². The van der Waals surface area contributed by atoms with Crippen LogP contribution >= 0.6 is 23.2 Å². The predicted octanol–water partition coefficient (Wildman–Crippen LogP) is 3.01. The summed E-state index contributed by atoms with van der Waals surface area (Å²) in [6.45, 7) is 1.50. The van der Waals surface area contributed by atoms with Crippen LogP contribution in [0.2, 0.25) is 0 Å². The Morgan fingerprint density at radius 2 is 2.33 bits per heavy atom. The molecule has 21 heavy (non-hydrogen) atoms. The summed E-state index contributed by atoms with van der Waals surface area (Å²) in [7, 11) is 0. The molecule has 1 unspecified atom stereocenters. The predicted molar refractivity (Wildman–Crippen MR) is 85.9 cm³/mol. The lowest BCUT2D eigenvalue weighted by Crippen LogP contribution is -2.42. The first-order valence-corrected chi connectivity index (χ1v) is 7.67. The minimum Gasteiger partial charge on any atom is -0.391 e. The van der Waals surface area contributed by atoms with Crippen molar-refractivity contribution in [3.63, 3.8) is 0 Å². The van der Waals surface area contributed by atoms with Gasteiger partial charge in [0.1, 0.15) is 0 Å². The summed E-state index contributed by atoms with van der Waals surface area (Å²) in [5.74, 6) is -0.0589. The number of piperidine rings is 1. The van der Waals surface area contributed by atoms with Crippen LogP contribution in [0.4, 0.5) is 5.69 Å². The molecular formula is C15H18Cl2N2O2. The number of benzene rings is 1. The first-order valence-electron chi connectivity index (χ1n) is 6.86. The summed E-state index contributed by atoms with van der Waals surface area (Å²) in [6.07, 6.45) is 1.17. The third-order valence-electron chi connectivity index (χ3n) is 3.37. The molecule has 6 heteroatoms. The maximum absolute atomic E-state index is 12.4. The molecule has 1 aliphatic heterocycles. The second-order valence-corrected chi connectivity index (χ2v) is 5.74. The van der Waals surface area contributed by atoms with E-state index in [4.69, 9.17) is 23.2 Å². The van der Waals surface area contributed by atoms with Crippen molar-refractivity contribution < 1.29 is 9.90 Å². The second-order valence-electron chi connectivity index (χ2n) is 5.04. The zero-order chi connectivity index (χ0) is 15.2. The number of carbonyl (C=O) groups excluding carboxylic acids is 1. The van der Waals surface area contributed by atoms with Gasteiger partial charge >= 0.3 is 0 Å². The number of aliphatic hydroxyl groups is 1. The average Bonchev–Trinajstić information content (AvgIpc) is 2.52. The van der Waals surface area contributed by atoms with Crippen molar-refractivity contribution >= 4 is 34.8 Å². The third-order valence-corrected chi connectivity index (χ3v) is 3.99. The molecule has 1 atom stereocenters. The van der Waals surface area contributed by atoms with Crippen molar-refractivity contribution in [1.29, 1.82) is 0 Å². The van der Waals surface area contributed by atoms with E-state index in [2.05, 4.69) is 5.32 Å². The molecule has 0 bridgehead atoms. The van der Waals surface area contributed by atoms with Gasteiger partial charge in [-0.05, 0) is 31.0 Å². The van der Waals surface area contributed by atoms with Crippen molar-refractivity contribution in [2.24, 2.45) is 0 Å². The number of nitrogens with zero attached hydrogens (tertiary/aromatic N) is 1. The van der Waals surface area contributed by atoms with Crippen molar-refractivity contribution in [1.82, 2.24) is 4.90 Å². The number of β-amino-alcohol motifs (C(OH)–C–C–N with tert-alkyl or cyclic N) is 1.